The summed E-state index contributed by atoms with van der Waals surface area (Å²) in [4.78, 5) is 35.3. The number of nitro groups is 1. The van der Waals surface area contributed by atoms with Crippen LogP contribution >= 0.6 is 0 Å². The number of carbonyl (C=O) groups is 2. The number of carbonyl (C=O) groups excluding carboxylic acids is 2. The van der Waals surface area contributed by atoms with E-state index in [4.69, 9.17) is 0 Å². The Morgan fingerprint density at radius 1 is 0.821 bits per heavy atom. The number of hydrogen-bond donors (Lipinski definition) is 2. The quantitative estimate of drug-likeness (QED) is 0.509. The molecule has 0 spiro atoms. The molecule has 3 aromatic carbocycles. The van der Waals surface area contributed by atoms with Gasteiger partial charge in [0.05, 0.1) is 16.2 Å². The Balaban J connectivity index is 1.77. The first-order valence-corrected chi connectivity index (χ1v) is 8.47. The van der Waals surface area contributed by atoms with E-state index in [2.05, 4.69) is 10.6 Å². The minimum Gasteiger partial charge on any atom is -0.322 e. The summed E-state index contributed by atoms with van der Waals surface area (Å²) < 4.78 is 0. The van der Waals surface area contributed by atoms with E-state index in [1.54, 1.807) is 36.4 Å². The highest BCUT2D eigenvalue weighted by Crippen LogP contribution is 2.20. The standard InChI is InChI=1S/C21H17N3O4/c1-14-6-8-15(9-7-14)20(25)23-19-5-3-2-4-18(19)21(26)22-16-10-12-17(13-11-16)24(27)28/h2-13H,1H3,(H,22,26)(H,23,25). The van der Waals surface area contributed by atoms with E-state index in [9.17, 15) is 19.7 Å². The van der Waals surface area contributed by atoms with Gasteiger partial charge in [-0.3, -0.25) is 19.7 Å². The number of non-ortho nitro benzene ring substituents is 1. The molecular formula is C21H17N3O4. The van der Waals surface area contributed by atoms with Crippen molar-refractivity contribution >= 4 is 28.9 Å². The van der Waals surface area contributed by atoms with E-state index in [1.807, 2.05) is 19.1 Å². The van der Waals surface area contributed by atoms with Gasteiger partial charge >= 0.3 is 0 Å². The lowest BCUT2D eigenvalue weighted by Gasteiger charge is -2.11. The Morgan fingerprint density at radius 3 is 2.11 bits per heavy atom. The van der Waals surface area contributed by atoms with Crippen LogP contribution in [0.3, 0.4) is 0 Å². The fourth-order valence-electron chi connectivity index (χ4n) is 2.55. The topological polar surface area (TPSA) is 101 Å². The molecule has 0 saturated carbocycles. The highest BCUT2D eigenvalue weighted by Gasteiger charge is 2.15. The van der Waals surface area contributed by atoms with Crippen molar-refractivity contribution in [1.29, 1.82) is 0 Å². The van der Waals surface area contributed by atoms with Crippen LogP contribution in [-0.4, -0.2) is 16.7 Å². The summed E-state index contributed by atoms with van der Waals surface area (Å²) in [6, 6.07) is 19.2. The molecule has 140 valence electrons. The fraction of sp³-hybridized carbons (Fsp3) is 0.0476. The number of para-hydroxylation sites is 1. The molecule has 28 heavy (non-hydrogen) atoms. The summed E-state index contributed by atoms with van der Waals surface area (Å²) in [7, 11) is 0. The maximum absolute atomic E-state index is 12.6. The first-order chi connectivity index (χ1) is 13.4. The zero-order valence-electron chi connectivity index (χ0n) is 15.0. The smallest absolute Gasteiger partial charge is 0.269 e. The second-order valence-corrected chi connectivity index (χ2v) is 6.12. The van der Waals surface area contributed by atoms with Gasteiger partial charge in [-0.2, -0.15) is 0 Å². The van der Waals surface area contributed by atoms with E-state index in [1.165, 1.54) is 24.3 Å². The van der Waals surface area contributed by atoms with Gasteiger partial charge in [0.25, 0.3) is 17.5 Å². The summed E-state index contributed by atoms with van der Waals surface area (Å²) in [6.45, 7) is 1.93. The molecule has 2 N–H and O–H groups in total. The van der Waals surface area contributed by atoms with Crippen molar-refractivity contribution in [2.45, 2.75) is 6.92 Å². The normalized spacial score (nSPS) is 10.2. The van der Waals surface area contributed by atoms with Crippen LogP contribution in [0.1, 0.15) is 26.3 Å². The molecule has 2 amide bonds. The van der Waals surface area contributed by atoms with Crippen molar-refractivity contribution in [3.05, 3.63) is 99.6 Å². The molecule has 0 unspecified atom stereocenters. The van der Waals surface area contributed by atoms with Gasteiger partial charge in [-0.15, -0.1) is 0 Å². The first kappa shape index (κ1) is 18.8. The van der Waals surface area contributed by atoms with Gasteiger partial charge in [-0.25, -0.2) is 0 Å². The Hall–Kier alpha value is -4.00. The second kappa shape index (κ2) is 8.13. The number of nitrogens with zero attached hydrogens (tertiary/aromatic N) is 1. The number of nitrogens with one attached hydrogen (secondary N) is 2. The number of benzene rings is 3. The van der Waals surface area contributed by atoms with Gasteiger partial charge < -0.3 is 10.6 Å². The van der Waals surface area contributed by atoms with Crippen LogP contribution in [0.4, 0.5) is 17.1 Å². The molecule has 3 rings (SSSR count). The minimum atomic E-state index is -0.512. The van der Waals surface area contributed by atoms with Gasteiger partial charge in [0.2, 0.25) is 0 Å². The number of amides is 2. The number of aryl methyl sites for hydroxylation is 1. The predicted molar refractivity (Wildman–Crippen MR) is 107 cm³/mol. The van der Waals surface area contributed by atoms with Crippen LogP contribution in [0, 0.1) is 17.0 Å². The van der Waals surface area contributed by atoms with Crippen LogP contribution in [0.5, 0.6) is 0 Å². The molecule has 0 aliphatic heterocycles. The van der Waals surface area contributed by atoms with E-state index >= 15 is 0 Å². The molecule has 0 aliphatic rings. The second-order valence-electron chi connectivity index (χ2n) is 6.12. The molecule has 0 aromatic heterocycles. The Bertz CT molecular complexity index is 1030. The van der Waals surface area contributed by atoms with Crippen LogP contribution in [0.15, 0.2) is 72.8 Å². The van der Waals surface area contributed by atoms with Crippen LogP contribution in [0.2, 0.25) is 0 Å². The SMILES string of the molecule is Cc1ccc(C(=O)Nc2ccccc2C(=O)Nc2ccc([N+](=O)[O-])cc2)cc1. The number of rotatable bonds is 5. The molecule has 0 atom stereocenters. The third-order valence-electron chi connectivity index (χ3n) is 4.07. The largest absolute Gasteiger partial charge is 0.322 e. The fourth-order valence-corrected chi connectivity index (χ4v) is 2.55. The average molecular weight is 375 g/mol. The number of anilines is 2. The van der Waals surface area contributed by atoms with Crippen LogP contribution in [0.25, 0.3) is 0 Å². The molecule has 0 saturated heterocycles. The number of nitro benzene ring substituents is 1. The summed E-state index contributed by atoms with van der Waals surface area (Å²) in [6.07, 6.45) is 0. The number of hydrogen-bond acceptors (Lipinski definition) is 4. The van der Waals surface area contributed by atoms with Crippen molar-refractivity contribution in [2.24, 2.45) is 0 Å². The summed E-state index contributed by atoms with van der Waals surface area (Å²) >= 11 is 0. The van der Waals surface area contributed by atoms with Gasteiger partial charge in [-0.1, -0.05) is 29.8 Å². The molecule has 0 aliphatic carbocycles. The predicted octanol–water partition coefficient (Wildman–Crippen LogP) is 4.41. The molecule has 0 heterocycles. The van der Waals surface area contributed by atoms with Crippen LogP contribution in [-0.2, 0) is 0 Å². The summed E-state index contributed by atoms with van der Waals surface area (Å²) in [5, 5.41) is 16.1. The van der Waals surface area contributed by atoms with Crippen molar-refractivity contribution in [3.8, 4) is 0 Å². The van der Waals surface area contributed by atoms with Crippen molar-refractivity contribution < 1.29 is 14.5 Å². The first-order valence-electron chi connectivity index (χ1n) is 8.47. The van der Waals surface area contributed by atoms with Gasteiger partial charge in [-0.05, 0) is 43.3 Å². The Kier molecular flexibility index (Phi) is 5.45. The van der Waals surface area contributed by atoms with Gasteiger partial charge in [0.15, 0.2) is 0 Å². The molecule has 0 radical (unpaired) electrons. The summed E-state index contributed by atoms with van der Waals surface area (Å²) in [5.41, 5.74) is 2.52. The highest BCUT2D eigenvalue weighted by atomic mass is 16.6. The molecule has 7 nitrogen and oxygen atoms in total. The third-order valence-corrected chi connectivity index (χ3v) is 4.07. The van der Waals surface area contributed by atoms with E-state index < -0.39 is 10.8 Å². The average Bonchev–Trinajstić information content (AvgIpc) is 2.69. The van der Waals surface area contributed by atoms with Crippen molar-refractivity contribution in [3.63, 3.8) is 0 Å². The van der Waals surface area contributed by atoms with Gasteiger partial charge in [0, 0.05) is 23.4 Å². The maximum atomic E-state index is 12.6. The third kappa shape index (κ3) is 4.39. The van der Waals surface area contributed by atoms with Crippen molar-refractivity contribution in [2.75, 3.05) is 10.6 Å². The maximum Gasteiger partial charge on any atom is 0.269 e. The molecule has 0 bridgehead atoms. The van der Waals surface area contributed by atoms with E-state index in [0.29, 0.717) is 16.9 Å². The van der Waals surface area contributed by atoms with Gasteiger partial charge in [0.1, 0.15) is 0 Å². The zero-order valence-corrected chi connectivity index (χ0v) is 15.0. The molecule has 3 aromatic rings. The minimum absolute atomic E-state index is 0.0660. The highest BCUT2D eigenvalue weighted by molar-refractivity contribution is 6.12. The lowest BCUT2D eigenvalue weighted by molar-refractivity contribution is -0.384. The molecular weight excluding hydrogens is 358 g/mol. The van der Waals surface area contributed by atoms with Crippen molar-refractivity contribution in [1.82, 2.24) is 0 Å². The van der Waals surface area contributed by atoms with E-state index in [0.717, 1.165) is 5.56 Å². The van der Waals surface area contributed by atoms with E-state index in [-0.39, 0.29) is 17.2 Å². The Labute approximate surface area is 161 Å². The molecule has 0 fully saturated rings. The molecule has 7 heteroatoms. The zero-order chi connectivity index (χ0) is 20.1. The monoisotopic (exact) mass is 375 g/mol. The Morgan fingerprint density at radius 2 is 1.46 bits per heavy atom. The lowest BCUT2D eigenvalue weighted by atomic mass is 10.1. The summed E-state index contributed by atoms with van der Waals surface area (Å²) in [5.74, 6) is -0.760. The van der Waals surface area contributed by atoms with Crippen LogP contribution < -0.4 is 10.6 Å². The lowest BCUT2D eigenvalue weighted by Crippen LogP contribution is -2.18.